The van der Waals surface area contributed by atoms with Crippen molar-refractivity contribution in [2.75, 3.05) is 0 Å². The molecule has 298 valence electrons. The van der Waals surface area contributed by atoms with Crippen LogP contribution in [0.15, 0.2) is 188 Å². The zero-order valence-corrected chi connectivity index (χ0v) is 35.7. The van der Waals surface area contributed by atoms with E-state index in [0.717, 1.165) is 72.4 Å². The van der Waals surface area contributed by atoms with Gasteiger partial charge in [-0.3, -0.25) is 0 Å². The predicted octanol–water partition coefficient (Wildman–Crippen LogP) is 14.9. The lowest BCUT2D eigenvalue weighted by Crippen LogP contribution is -2.20. The molecule has 0 aliphatic carbocycles. The van der Waals surface area contributed by atoms with E-state index in [2.05, 4.69) is 209 Å². The second kappa shape index (κ2) is 14.4. The summed E-state index contributed by atoms with van der Waals surface area (Å²) in [6.45, 7) is 11.5. The van der Waals surface area contributed by atoms with E-state index in [1.54, 1.807) is 0 Å². The molecular weight excluding hydrogens is 753 g/mol. The topological polar surface area (TPSA) is 43.6 Å². The van der Waals surface area contributed by atoms with Gasteiger partial charge in [0.1, 0.15) is 0 Å². The van der Waals surface area contributed by atoms with Gasteiger partial charge < -0.3 is 4.57 Å². The highest BCUT2D eigenvalue weighted by Crippen LogP contribution is 2.46. The molecule has 10 aromatic rings. The first-order valence-corrected chi connectivity index (χ1v) is 21.5. The number of aromatic nitrogens is 4. The monoisotopic (exact) mass is 798 g/mol. The molecule has 0 radical (unpaired) electrons. The highest BCUT2D eigenvalue weighted by Gasteiger charge is 2.31. The zero-order valence-electron chi connectivity index (χ0n) is 35.7. The molecule has 4 nitrogen and oxygen atoms in total. The van der Waals surface area contributed by atoms with E-state index in [0.29, 0.717) is 17.5 Å². The Kier molecular flexibility index (Phi) is 8.69. The van der Waals surface area contributed by atoms with Crippen LogP contribution >= 0.6 is 0 Å². The molecule has 2 aromatic heterocycles. The van der Waals surface area contributed by atoms with Gasteiger partial charge in [-0.05, 0) is 91.9 Å². The van der Waals surface area contributed by atoms with Crippen LogP contribution in [0.25, 0.3) is 95.0 Å². The number of rotatable bonds is 4. The van der Waals surface area contributed by atoms with Gasteiger partial charge in [0.05, 0.1) is 16.7 Å². The fourth-order valence-corrected chi connectivity index (χ4v) is 9.50. The van der Waals surface area contributed by atoms with Crippen molar-refractivity contribution in [1.82, 2.24) is 19.5 Å². The Morgan fingerprint density at radius 2 is 0.952 bits per heavy atom. The molecule has 0 saturated carbocycles. The molecule has 0 unspecified atom stereocenters. The third-order valence-corrected chi connectivity index (χ3v) is 12.9. The molecule has 2 aliphatic rings. The third-order valence-electron chi connectivity index (χ3n) is 12.9. The molecule has 0 fully saturated rings. The minimum Gasteiger partial charge on any atom is -0.309 e. The van der Waals surface area contributed by atoms with E-state index < -0.39 is 0 Å². The molecular formula is C58H46N4. The van der Waals surface area contributed by atoms with Gasteiger partial charge in [0.25, 0.3) is 0 Å². The number of fused-ring (bicyclic) bond motifs is 2. The molecule has 4 heteroatoms. The molecule has 0 spiro atoms. The Morgan fingerprint density at radius 1 is 0.419 bits per heavy atom. The lowest BCUT2D eigenvalue weighted by Gasteiger charge is -2.28. The van der Waals surface area contributed by atoms with Crippen LogP contribution in [-0.2, 0) is 10.8 Å². The van der Waals surface area contributed by atoms with E-state index in [9.17, 15) is 0 Å². The second-order valence-electron chi connectivity index (χ2n) is 18.1. The van der Waals surface area contributed by atoms with Crippen molar-refractivity contribution >= 4 is 21.8 Å². The van der Waals surface area contributed by atoms with Gasteiger partial charge in [0.15, 0.2) is 17.5 Å². The van der Waals surface area contributed by atoms with Crippen molar-refractivity contribution in [2.24, 2.45) is 0 Å². The van der Waals surface area contributed by atoms with E-state index in [1.807, 2.05) is 18.2 Å². The summed E-state index contributed by atoms with van der Waals surface area (Å²) < 4.78 is 2.44. The molecule has 0 saturated heterocycles. The molecule has 8 aromatic carbocycles. The van der Waals surface area contributed by atoms with Gasteiger partial charge in [-0.2, -0.15) is 0 Å². The van der Waals surface area contributed by atoms with Gasteiger partial charge in [-0.15, -0.1) is 0 Å². The average molecular weight is 799 g/mol. The van der Waals surface area contributed by atoms with Crippen LogP contribution in [0.1, 0.15) is 51.3 Å². The van der Waals surface area contributed by atoms with E-state index >= 15 is 0 Å². The molecule has 0 N–H and O–H groups in total. The molecule has 2 aliphatic heterocycles. The van der Waals surface area contributed by atoms with Crippen LogP contribution in [0.4, 0.5) is 0 Å². The van der Waals surface area contributed by atoms with E-state index in [1.165, 1.54) is 21.9 Å². The van der Waals surface area contributed by atoms with Crippen molar-refractivity contribution in [2.45, 2.75) is 45.4 Å². The second-order valence-corrected chi connectivity index (χ2v) is 18.1. The van der Waals surface area contributed by atoms with Gasteiger partial charge in [-0.25, -0.2) is 15.0 Å². The quantitative estimate of drug-likeness (QED) is 0.178. The smallest absolute Gasteiger partial charge is 0.166 e. The zero-order chi connectivity index (χ0) is 42.2. The molecule has 0 amide bonds. The molecule has 12 rings (SSSR count). The summed E-state index contributed by atoms with van der Waals surface area (Å²) in [6.07, 6.45) is 0. The van der Waals surface area contributed by atoms with Crippen molar-refractivity contribution in [3.8, 4) is 73.2 Å². The average Bonchev–Trinajstić information content (AvgIpc) is 3.64. The number of hydrogen-bond donors (Lipinski definition) is 0. The fraction of sp³-hybridized carbons (Fsp3) is 0.121. The fourth-order valence-electron chi connectivity index (χ4n) is 9.50. The van der Waals surface area contributed by atoms with Crippen LogP contribution in [-0.4, -0.2) is 19.5 Å². The number of benzene rings is 8. The Hall–Kier alpha value is -7.43. The Bertz CT molecular complexity index is 3280. The van der Waals surface area contributed by atoms with Gasteiger partial charge in [-0.1, -0.05) is 186 Å². The summed E-state index contributed by atoms with van der Waals surface area (Å²) in [5.74, 6) is 1.90. The molecule has 6 bridgehead atoms. The van der Waals surface area contributed by atoms with Gasteiger partial charge >= 0.3 is 0 Å². The predicted molar refractivity (Wildman–Crippen MR) is 258 cm³/mol. The van der Waals surface area contributed by atoms with Crippen molar-refractivity contribution in [1.29, 1.82) is 0 Å². The van der Waals surface area contributed by atoms with Crippen molar-refractivity contribution in [3.63, 3.8) is 0 Å². The lowest BCUT2D eigenvalue weighted by atomic mass is 9.75. The first-order valence-electron chi connectivity index (χ1n) is 21.5. The number of hydrogen-bond acceptors (Lipinski definition) is 3. The van der Waals surface area contributed by atoms with Gasteiger partial charge in [0.2, 0.25) is 0 Å². The largest absolute Gasteiger partial charge is 0.309 e. The van der Waals surface area contributed by atoms with Crippen molar-refractivity contribution in [3.05, 3.63) is 205 Å². The summed E-state index contributed by atoms with van der Waals surface area (Å²) in [6, 6.07) is 68.0. The molecule has 62 heavy (non-hydrogen) atoms. The van der Waals surface area contributed by atoms with E-state index in [-0.39, 0.29) is 10.8 Å². The lowest BCUT2D eigenvalue weighted by molar-refractivity contribution is 0.591. The standard InChI is InChI=1S/C58H46N4/c1-57(2,3)41-29-32-50-46(35-41)47-36-42-30-33-51(47)62(50)52-31-28-40(53-43(37-18-9-6-10-19-37)25-17-26-44(53)38-20-11-7-12-21-38)34-48(52)56-60-54(39-22-13-8-14-23-39)59-55(61-56)45-24-15-16-27-49(45)58(42,4)5/h6-36H,1-5H3. The van der Waals surface area contributed by atoms with E-state index in [4.69, 9.17) is 15.0 Å². The van der Waals surface area contributed by atoms with Crippen LogP contribution in [0, 0.1) is 0 Å². The summed E-state index contributed by atoms with van der Waals surface area (Å²) >= 11 is 0. The third kappa shape index (κ3) is 6.17. The minimum absolute atomic E-state index is 0.0240. The Balaban J connectivity index is 1.31. The maximum Gasteiger partial charge on any atom is 0.166 e. The summed E-state index contributed by atoms with van der Waals surface area (Å²) in [4.78, 5) is 16.2. The summed E-state index contributed by atoms with van der Waals surface area (Å²) in [5, 5.41) is 2.45. The molecule has 4 heterocycles. The van der Waals surface area contributed by atoms with Crippen LogP contribution in [0.3, 0.4) is 0 Å². The molecule has 0 atom stereocenters. The Labute approximate surface area is 363 Å². The minimum atomic E-state index is -0.385. The van der Waals surface area contributed by atoms with Crippen LogP contribution < -0.4 is 0 Å². The highest BCUT2D eigenvalue weighted by molar-refractivity contribution is 6.10. The Morgan fingerprint density at radius 3 is 1.60 bits per heavy atom. The van der Waals surface area contributed by atoms with Crippen molar-refractivity contribution < 1.29 is 0 Å². The first kappa shape index (κ1) is 37.6. The summed E-state index contributed by atoms with van der Waals surface area (Å²) in [5.41, 5.74) is 16.3. The highest BCUT2D eigenvalue weighted by atomic mass is 15.1. The maximum atomic E-state index is 5.52. The first-order chi connectivity index (χ1) is 30.1. The van der Waals surface area contributed by atoms with Crippen LogP contribution in [0.2, 0.25) is 0 Å². The van der Waals surface area contributed by atoms with Crippen LogP contribution in [0.5, 0.6) is 0 Å². The maximum absolute atomic E-state index is 5.52. The number of nitrogens with zero attached hydrogens (tertiary/aromatic N) is 4. The SMILES string of the molecule is CC(C)(C)c1ccc2c(c1)c1cc3ccc1n2-c1ccc(-c2c(-c4ccccc4)cccc2-c2ccccc2)cc1-c1nc(-c2ccccc2)nc(n1)-c1ccccc1C3(C)C. The normalized spacial score (nSPS) is 13.0. The summed E-state index contributed by atoms with van der Waals surface area (Å²) in [7, 11) is 0. The van der Waals surface area contributed by atoms with Gasteiger partial charge in [0, 0.05) is 32.9 Å².